The molecular formula is C15H22N2S. The number of hydrogen-bond donors (Lipinski definition) is 2. The van der Waals surface area contributed by atoms with Crippen molar-refractivity contribution < 1.29 is 0 Å². The molecule has 0 aromatic heterocycles. The molecule has 2 nitrogen and oxygen atoms in total. The maximum Gasteiger partial charge on any atom is 0.166 e. The van der Waals surface area contributed by atoms with Crippen molar-refractivity contribution in [1.82, 2.24) is 10.6 Å². The molecule has 18 heavy (non-hydrogen) atoms. The summed E-state index contributed by atoms with van der Waals surface area (Å²) < 4.78 is 0. The average molecular weight is 262 g/mol. The van der Waals surface area contributed by atoms with Gasteiger partial charge in [-0.05, 0) is 44.5 Å². The first kappa shape index (κ1) is 14.7. The Bertz CT molecular complexity index is 387. The van der Waals surface area contributed by atoms with Crippen molar-refractivity contribution in [3.63, 3.8) is 0 Å². The summed E-state index contributed by atoms with van der Waals surface area (Å²) in [6.07, 6.45) is 2.14. The van der Waals surface area contributed by atoms with Gasteiger partial charge >= 0.3 is 0 Å². The third-order valence-corrected chi connectivity index (χ3v) is 2.90. The second-order valence-corrected chi connectivity index (χ2v) is 5.12. The van der Waals surface area contributed by atoms with Crippen LogP contribution in [0.3, 0.4) is 0 Å². The lowest BCUT2D eigenvalue weighted by molar-refractivity contribution is 0.601. The number of rotatable bonds is 6. The van der Waals surface area contributed by atoms with Gasteiger partial charge in [-0.15, -0.1) is 0 Å². The highest BCUT2D eigenvalue weighted by molar-refractivity contribution is 7.80. The fourth-order valence-corrected chi connectivity index (χ4v) is 1.88. The highest BCUT2D eigenvalue weighted by Crippen LogP contribution is 2.04. The maximum absolute atomic E-state index is 5.22. The van der Waals surface area contributed by atoms with E-state index in [9.17, 15) is 0 Å². The van der Waals surface area contributed by atoms with E-state index in [0.717, 1.165) is 25.0 Å². The molecule has 0 aliphatic rings. The van der Waals surface area contributed by atoms with Gasteiger partial charge in [0, 0.05) is 12.6 Å². The maximum atomic E-state index is 5.22. The van der Waals surface area contributed by atoms with E-state index in [-0.39, 0.29) is 0 Å². The summed E-state index contributed by atoms with van der Waals surface area (Å²) in [5.74, 6) is 0. The molecule has 0 radical (unpaired) electrons. The largest absolute Gasteiger partial charge is 0.360 e. The van der Waals surface area contributed by atoms with Crippen LogP contribution < -0.4 is 10.6 Å². The first-order valence-electron chi connectivity index (χ1n) is 6.30. The molecule has 0 heterocycles. The van der Waals surface area contributed by atoms with Crippen LogP contribution in [0.15, 0.2) is 42.5 Å². The van der Waals surface area contributed by atoms with Gasteiger partial charge in [-0.3, -0.25) is 0 Å². The zero-order valence-corrected chi connectivity index (χ0v) is 12.0. The van der Waals surface area contributed by atoms with Gasteiger partial charge in [0.2, 0.25) is 0 Å². The fraction of sp³-hybridized carbons (Fsp3) is 0.400. The normalized spacial score (nSPS) is 11.7. The van der Waals surface area contributed by atoms with E-state index in [4.69, 9.17) is 12.2 Å². The molecule has 1 aromatic carbocycles. The van der Waals surface area contributed by atoms with Crippen LogP contribution in [0.1, 0.15) is 25.8 Å². The summed E-state index contributed by atoms with van der Waals surface area (Å²) in [4.78, 5) is 0. The van der Waals surface area contributed by atoms with Gasteiger partial charge in [0.05, 0.1) is 0 Å². The minimum absolute atomic E-state index is 0.371. The van der Waals surface area contributed by atoms with Crippen molar-refractivity contribution >= 4 is 17.3 Å². The van der Waals surface area contributed by atoms with E-state index in [2.05, 4.69) is 48.4 Å². The SMILES string of the molecule is C=C(C)CNC(=S)NC(C)CCc1ccccc1. The molecule has 0 amide bonds. The van der Waals surface area contributed by atoms with E-state index in [1.54, 1.807) is 0 Å². The molecule has 1 aromatic rings. The number of thiocarbonyl (C=S) groups is 1. The van der Waals surface area contributed by atoms with Crippen molar-refractivity contribution in [3.05, 3.63) is 48.0 Å². The van der Waals surface area contributed by atoms with E-state index in [1.165, 1.54) is 5.56 Å². The molecule has 0 fully saturated rings. The lowest BCUT2D eigenvalue weighted by Gasteiger charge is -2.17. The predicted molar refractivity (Wildman–Crippen MR) is 82.8 cm³/mol. The lowest BCUT2D eigenvalue weighted by atomic mass is 10.1. The van der Waals surface area contributed by atoms with E-state index in [0.29, 0.717) is 11.2 Å². The molecule has 0 bridgehead atoms. The van der Waals surface area contributed by atoms with Crippen molar-refractivity contribution in [3.8, 4) is 0 Å². The Hall–Kier alpha value is -1.35. The van der Waals surface area contributed by atoms with Gasteiger partial charge in [0.25, 0.3) is 0 Å². The Morgan fingerprint density at radius 2 is 2.00 bits per heavy atom. The fourth-order valence-electron chi connectivity index (χ4n) is 1.61. The zero-order valence-electron chi connectivity index (χ0n) is 11.2. The van der Waals surface area contributed by atoms with Gasteiger partial charge in [0.15, 0.2) is 5.11 Å². The number of aryl methyl sites for hydroxylation is 1. The molecule has 1 rings (SSSR count). The molecule has 0 saturated heterocycles. The smallest absolute Gasteiger partial charge is 0.166 e. The molecule has 1 atom stereocenters. The van der Waals surface area contributed by atoms with E-state index < -0.39 is 0 Å². The van der Waals surface area contributed by atoms with Crippen LogP contribution in [0.25, 0.3) is 0 Å². The van der Waals surface area contributed by atoms with Gasteiger partial charge < -0.3 is 10.6 Å². The molecule has 98 valence electrons. The molecule has 3 heteroatoms. The molecule has 0 saturated carbocycles. The second-order valence-electron chi connectivity index (χ2n) is 4.71. The Morgan fingerprint density at radius 1 is 1.33 bits per heavy atom. The topological polar surface area (TPSA) is 24.1 Å². The molecule has 0 aliphatic heterocycles. The van der Waals surface area contributed by atoms with Gasteiger partial charge in [-0.1, -0.05) is 42.5 Å². The molecular weight excluding hydrogens is 240 g/mol. The van der Waals surface area contributed by atoms with Crippen LogP contribution in [0, 0.1) is 0 Å². The second kappa shape index (κ2) is 7.88. The summed E-state index contributed by atoms with van der Waals surface area (Å²) in [5.41, 5.74) is 2.45. The van der Waals surface area contributed by atoms with Crippen LogP contribution in [-0.2, 0) is 6.42 Å². The van der Waals surface area contributed by atoms with Crippen LogP contribution in [0.2, 0.25) is 0 Å². The quantitative estimate of drug-likeness (QED) is 0.608. The van der Waals surface area contributed by atoms with Crippen LogP contribution in [0.4, 0.5) is 0 Å². The highest BCUT2D eigenvalue weighted by atomic mass is 32.1. The molecule has 2 N–H and O–H groups in total. The Kier molecular flexibility index (Phi) is 6.44. The van der Waals surface area contributed by atoms with E-state index >= 15 is 0 Å². The van der Waals surface area contributed by atoms with Gasteiger partial charge in [-0.2, -0.15) is 0 Å². The molecule has 1 unspecified atom stereocenters. The van der Waals surface area contributed by atoms with Crippen LogP contribution in [0.5, 0.6) is 0 Å². The Morgan fingerprint density at radius 3 is 2.61 bits per heavy atom. The van der Waals surface area contributed by atoms with E-state index in [1.807, 2.05) is 13.0 Å². The van der Waals surface area contributed by atoms with Crippen molar-refractivity contribution in [1.29, 1.82) is 0 Å². The summed E-state index contributed by atoms with van der Waals surface area (Å²) in [5, 5.41) is 7.12. The Labute approximate surface area is 115 Å². The minimum Gasteiger partial charge on any atom is -0.360 e. The third kappa shape index (κ3) is 6.40. The average Bonchev–Trinajstić information content (AvgIpc) is 2.35. The zero-order chi connectivity index (χ0) is 13.4. The first-order chi connectivity index (χ1) is 8.58. The number of nitrogens with one attached hydrogen (secondary N) is 2. The standard InChI is InChI=1S/C15H22N2S/c1-12(2)11-16-15(18)17-13(3)9-10-14-7-5-4-6-8-14/h4-8,13H,1,9-11H2,2-3H3,(H2,16,17,18). The molecule has 0 spiro atoms. The summed E-state index contributed by atoms with van der Waals surface area (Å²) in [6.45, 7) is 8.70. The van der Waals surface area contributed by atoms with Gasteiger partial charge in [-0.25, -0.2) is 0 Å². The summed E-state index contributed by atoms with van der Waals surface area (Å²) in [6, 6.07) is 10.9. The molecule has 0 aliphatic carbocycles. The predicted octanol–water partition coefficient (Wildman–Crippen LogP) is 3.05. The first-order valence-corrected chi connectivity index (χ1v) is 6.71. The van der Waals surface area contributed by atoms with Gasteiger partial charge in [0.1, 0.15) is 0 Å². The summed E-state index contributed by atoms with van der Waals surface area (Å²) in [7, 11) is 0. The number of hydrogen-bond acceptors (Lipinski definition) is 1. The minimum atomic E-state index is 0.371. The number of benzene rings is 1. The van der Waals surface area contributed by atoms with Crippen molar-refractivity contribution in [2.45, 2.75) is 32.7 Å². The third-order valence-electron chi connectivity index (χ3n) is 2.64. The highest BCUT2D eigenvalue weighted by Gasteiger charge is 2.04. The monoisotopic (exact) mass is 262 g/mol. The summed E-state index contributed by atoms with van der Waals surface area (Å²) >= 11 is 5.22. The van der Waals surface area contributed by atoms with Crippen LogP contribution >= 0.6 is 12.2 Å². The van der Waals surface area contributed by atoms with Crippen molar-refractivity contribution in [2.75, 3.05) is 6.54 Å². The lowest BCUT2D eigenvalue weighted by Crippen LogP contribution is -2.41. The van der Waals surface area contributed by atoms with Crippen molar-refractivity contribution in [2.24, 2.45) is 0 Å². The van der Waals surface area contributed by atoms with Crippen LogP contribution in [-0.4, -0.2) is 17.7 Å². The Balaban J connectivity index is 2.23.